The number of carboxylic acids is 1. The molecule has 2 rings (SSSR count). The summed E-state index contributed by atoms with van der Waals surface area (Å²) in [4.78, 5) is 13.4. The van der Waals surface area contributed by atoms with Gasteiger partial charge in [-0.1, -0.05) is 12.1 Å². The van der Waals surface area contributed by atoms with Crippen LogP contribution in [-0.4, -0.2) is 69.9 Å². The molecule has 8 nitrogen and oxygen atoms in total. The van der Waals surface area contributed by atoms with Crippen LogP contribution in [0.25, 0.3) is 0 Å². The van der Waals surface area contributed by atoms with Crippen LogP contribution in [0.4, 0.5) is 0 Å². The highest BCUT2D eigenvalue weighted by atomic mass is 16.5. The van der Waals surface area contributed by atoms with Gasteiger partial charge in [-0.2, -0.15) is 0 Å². The van der Waals surface area contributed by atoms with Gasteiger partial charge in [0, 0.05) is 19.5 Å². The standard InChI is InChI=1S/C12H21N5O3/c1-2-16-5-6-20-9(7-16)8-17-10(3-4-13)11(12(18)19)14-15-17/h9H,2-8,13H2,1H3,(H,18,19). The number of aromatic nitrogens is 3. The Balaban J connectivity index is 2.10. The van der Waals surface area contributed by atoms with Crippen molar-refractivity contribution in [3.8, 4) is 0 Å². The Labute approximate surface area is 117 Å². The molecule has 112 valence electrons. The summed E-state index contributed by atoms with van der Waals surface area (Å²) in [6.07, 6.45) is 0.447. The Morgan fingerprint density at radius 2 is 2.40 bits per heavy atom. The normalized spacial score (nSPS) is 20.2. The maximum absolute atomic E-state index is 11.1. The van der Waals surface area contributed by atoms with E-state index in [2.05, 4.69) is 22.1 Å². The molecule has 0 aliphatic carbocycles. The second-order valence-corrected chi connectivity index (χ2v) is 4.80. The lowest BCUT2D eigenvalue weighted by atomic mass is 10.2. The van der Waals surface area contributed by atoms with Crippen molar-refractivity contribution in [2.75, 3.05) is 32.8 Å². The van der Waals surface area contributed by atoms with Gasteiger partial charge < -0.3 is 15.6 Å². The molecule has 1 aromatic heterocycles. The summed E-state index contributed by atoms with van der Waals surface area (Å²) in [5.41, 5.74) is 6.08. The molecule has 1 saturated heterocycles. The lowest BCUT2D eigenvalue weighted by Gasteiger charge is -2.32. The lowest BCUT2D eigenvalue weighted by molar-refractivity contribution is -0.0363. The number of ether oxygens (including phenoxy) is 1. The largest absolute Gasteiger partial charge is 0.476 e. The van der Waals surface area contributed by atoms with E-state index >= 15 is 0 Å². The Hall–Kier alpha value is -1.51. The third kappa shape index (κ3) is 3.33. The van der Waals surface area contributed by atoms with Crippen LogP contribution in [0.5, 0.6) is 0 Å². The maximum atomic E-state index is 11.1. The molecular formula is C12H21N5O3. The van der Waals surface area contributed by atoms with Crippen LogP contribution in [0.15, 0.2) is 0 Å². The second-order valence-electron chi connectivity index (χ2n) is 4.80. The topological polar surface area (TPSA) is 106 Å². The third-order valence-electron chi connectivity index (χ3n) is 3.47. The Morgan fingerprint density at radius 3 is 3.05 bits per heavy atom. The number of nitrogens with two attached hydrogens (primary N) is 1. The van der Waals surface area contributed by atoms with Gasteiger partial charge in [-0.3, -0.25) is 4.90 Å². The van der Waals surface area contributed by atoms with Crippen LogP contribution in [0.1, 0.15) is 23.1 Å². The van der Waals surface area contributed by atoms with Crippen LogP contribution in [-0.2, 0) is 17.7 Å². The van der Waals surface area contributed by atoms with Gasteiger partial charge in [0.25, 0.3) is 0 Å². The monoisotopic (exact) mass is 283 g/mol. The van der Waals surface area contributed by atoms with Crippen molar-refractivity contribution in [3.63, 3.8) is 0 Å². The second kappa shape index (κ2) is 6.78. The molecule has 20 heavy (non-hydrogen) atoms. The van der Waals surface area contributed by atoms with Crippen molar-refractivity contribution in [2.24, 2.45) is 5.73 Å². The highest BCUT2D eigenvalue weighted by molar-refractivity contribution is 5.86. The van der Waals surface area contributed by atoms with Crippen molar-refractivity contribution < 1.29 is 14.6 Å². The number of carboxylic acid groups (broad SMARTS) is 1. The minimum atomic E-state index is -1.07. The number of likely N-dealkylation sites (N-methyl/N-ethyl adjacent to an activating group) is 1. The molecule has 8 heteroatoms. The first-order chi connectivity index (χ1) is 9.65. The molecule has 0 amide bonds. The average Bonchev–Trinajstić information content (AvgIpc) is 2.83. The van der Waals surface area contributed by atoms with Crippen LogP contribution in [0, 0.1) is 0 Å². The van der Waals surface area contributed by atoms with E-state index in [0.29, 0.717) is 31.8 Å². The van der Waals surface area contributed by atoms with Gasteiger partial charge in [-0.25, -0.2) is 9.48 Å². The Kier molecular flexibility index (Phi) is 5.05. The molecule has 1 unspecified atom stereocenters. The minimum absolute atomic E-state index is 0.00330. The first-order valence-electron chi connectivity index (χ1n) is 6.85. The van der Waals surface area contributed by atoms with E-state index in [4.69, 9.17) is 15.6 Å². The van der Waals surface area contributed by atoms with Crippen molar-refractivity contribution in [3.05, 3.63) is 11.4 Å². The first-order valence-corrected chi connectivity index (χ1v) is 6.85. The van der Waals surface area contributed by atoms with Crippen molar-refractivity contribution in [1.82, 2.24) is 19.9 Å². The summed E-state index contributed by atoms with van der Waals surface area (Å²) in [5, 5.41) is 16.8. The molecule has 3 N–H and O–H groups in total. The molecule has 1 atom stereocenters. The number of hydrogen-bond acceptors (Lipinski definition) is 6. The molecule has 1 aliphatic rings. The molecule has 1 aromatic rings. The number of rotatable bonds is 6. The smallest absolute Gasteiger partial charge is 0.358 e. The molecule has 2 heterocycles. The fourth-order valence-corrected chi connectivity index (χ4v) is 2.40. The SMILES string of the molecule is CCN1CCOC(Cn2nnc(C(=O)O)c2CCN)C1. The summed E-state index contributed by atoms with van der Waals surface area (Å²) in [6, 6.07) is 0. The van der Waals surface area contributed by atoms with E-state index in [1.165, 1.54) is 0 Å². The quantitative estimate of drug-likeness (QED) is 0.703. The van der Waals surface area contributed by atoms with Gasteiger partial charge in [-0.15, -0.1) is 5.10 Å². The lowest BCUT2D eigenvalue weighted by Crippen LogP contribution is -2.44. The van der Waals surface area contributed by atoms with E-state index in [1.807, 2.05) is 0 Å². The number of aromatic carboxylic acids is 1. The number of hydrogen-bond donors (Lipinski definition) is 2. The molecular weight excluding hydrogens is 262 g/mol. The predicted octanol–water partition coefficient (Wildman–Crippen LogP) is -0.802. The van der Waals surface area contributed by atoms with Gasteiger partial charge in [0.15, 0.2) is 5.69 Å². The summed E-state index contributed by atoms with van der Waals surface area (Å²) >= 11 is 0. The molecule has 1 aliphatic heterocycles. The zero-order valence-corrected chi connectivity index (χ0v) is 11.7. The van der Waals surface area contributed by atoms with E-state index < -0.39 is 5.97 Å². The van der Waals surface area contributed by atoms with E-state index in [9.17, 15) is 4.79 Å². The zero-order chi connectivity index (χ0) is 14.5. The fraction of sp³-hybridized carbons (Fsp3) is 0.750. The number of carbonyl (C=O) groups is 1. The first kappa shape index (κ1) is 14.9. The van der Waals surface area contributed by atoms with Gasteiger partial charge in [-0.05, 0) is 13.1 Å². The fourth-order valence-electron chi connectivity index (χ4n) is 2.40. The number of nitrogens with zero attached hydrogens (tertiary/aromatic N) is 4. The van der Waals surface area contributed by atoms with E-state index in [-0.39, 0.29) is 11.8 Å². The van der Waals surface area contributed by atoms with Crippen molar-refractivity contribution >= 4 is 5.97 Å². The maximum Gasteiger partial charge on any atom is 0.358 e. The van der Waals surface area contributed by atoms with Gasteiger partial charge in [0.05, 0.1) is 24.9 Å². The molecule has 0 aromatic carbocycles. The molecule has 0 spiro atoms. The zero-order valence-electron chi connectivity index (χ0n) is 11.7. The van der Waals surface area contributed by atoms with E-state index in [0.717, 1.165) is 19.6 Å². The molecule has 0 saturated carbocycles. The average molecular weight is 283 g/mol. The van der Waals surface area contributed by atoms with Gasteiger partial charge in [0.1, 0.15) is 0 Å². The van der Waals surface area contributed by atoms with Crippen LogP contribution >= 0.6 is 0 Å². The van der Waals surface area contributed by atoms with Crippen LogP contribution < -0.4 is 5.73 Å². The summed E-state index contributed by atoms with van der Waals surface area (Å²) in [7, 11) is 0. The molecule has 1 fully saturated rings. The van der Waals surface area contributed by atoms with Gasteiger partial charge >= 0.3 is 5.97 Å². The van der Waals surface area contributed by atoms with Crippen molar-refractivity contribution in [2.45, 2.75) is 26.0 Å². The Morgan fingerprint density at radius 1 is 1.60 bits per heavy atom. The summed E-state index contributed by atoms with van der Waals surface area (Å²) < 4.78 is 7.32. The predicted molar refractivity (Wildman–Crippen MR) is 71.6 cm³/mol. The van der Waals surface area contributed by atoms with Gasteiger partial charge in [0.2, 0.25) is 0 Å². The highest BCUT2D eigenvalue weighted by Gasteiger charge is 2.24. The summed E-state index contributed by atoms with van der Waals surface area (Å²) in [5.74, 6) is -1.07. The number of morpholine rings is 1. The Bertz CT molecular complexity index is 462. The van der Waals surface area contributed by atoms with E-state index in [1.54, 1.807) is 4.68 Å². The molecule has 0 radical (unpaired) electrons. The molecule has 0 bridgehead atoms. The van der Waals surface area contributed by atoms with Crippen molar-refractivity contribution in [1.29, 1.82) is 0 Å². The third-order valence-corrected chi connectivity index (χ3v) is 3.47. The highest BCUT2D eigenvalue weighted by Crippen LogP contribution is 2.11. The van der Waals surface area contributed by atoms with Crippen LogP contribution in [0.3, 0.4) is 0 Å². The van der Waals surface area contributed by atoms with Crippen LogP contribution in [0.2, 0.25) is 0 Å². The summed E-state index contributed by atoms with van der Waals surface area (Å²) in [6.45, 7) is 6.40. The minimum Gasteiger partial charge on any atom is -0.476 e.